The summed E-state index contributed by atoms with van der Waals surface area (Å²) in [5.41, 5.74) is 2.27. The van der Waals surface area contributed by atoms with Gasteiger partial charge in [-0.2, -0.15) is 5.10 Å². The molecule has 18 heavy (non-hydrogen) atoms. The maximum Gasteiger partial charge on any atom is 0.187 e. The minimum absolute atomic E-state index is 0.0397. The summed E-state index contributed by atoms with van der Waals surface area (Å²) in [6, 6.07) is 8.88. The first kappa shape index (κ1) is 12.8. The normalized spacial score (nSPS) is 12.4. The summed E-state index contributed by atoms with van der Waals surface area (Å²) in [6.45, 7) is 5.55. The van der Waals surface area contributed by atoms with E-state index in [0.29, 0.717) is 10.6 Å². The maximum absolute atomic E-state index is 12.3. The lowest BCUT2D eigenvalue weighted by Crippen LogP contribution is -2.19. The van der Waals surface area contributed by atoms with Crippen LogP contribution in [0, 0.1) is 13.8 Å². The van der Waals surface area contributed by atoms with Crippen molar-refractivity contribution in [3.8, 4) is 0 Å². The van der Waals surface area contributed by atoms with Crippen LogP contribution in [0.15, 0.2) is 30.3 Å². The molecule has 1 aromatic carbocycles. The first-order valence-electron chi connectivity index (χ1n) is 5.83. The van der Waals surface area contributed by atoms with Gasteiger partial charge in [-0.05, 0) is 20.8 Å². The van der Waals surface area contributed by atoms with Gasteiger partial charge in [-0.3, -0.25) is 9.48 Å². The Morgan fingerprint density at radius 2 is 1.89 bits per heavy atom. The highest BCUT2D eigenvalue weighted by Gasteiger charge is 2.21. The second-order valence-electron chi connectivity index (χ2n) is 4.34. The van der Waals surface area contributed by atoms with Gasteiger partial charge in [0.25, 0.3) is 0 Å². The fraction of sp³-hybridized carbons (Fsp3) is 0.286. The van der Waals surface area contributed by atoms with Crippen LogP contribution < -0.4 is 0 Å². The Bertz CT molecular complexity index is 575. The predicted octanol–water partition coefficient (Wildman–Crippen LogP) is 3.60. The average molecular weight is 263 g/mol. The second kappa shape index (κ2) is 4.94. The smallest absolute Gasteiger partial charge is 0.187 e. The standard InChI is InChI=1S/C14H15ClN2O/c1-9-13(15)10(2)17(16-9)11(3)14(18)12-7-5-4-6-8-12/h4-8,11H,1-3H3. The molecule has 0 radical (unpaired) electrons. The summed E-state index contributed by atoms with van der Waals surface area (Å²) in [7, 11) is 0. The summed E-state index contributed by atoms with van der Waals surface area (Å²) in [4.78, 5) is 12.3. The quantitative estimate of drug-likeness (QED) is 0.792. The Kier molecular flexibility index (Phi) is 3.53. The van der Waals surface area contributed by atoms with Crippen LogP contribution in [0.25, 0.3) is 0 Å². The molecule has 0 amide bonds. The highest BCUT2D eigenvalue weighted by Crippen LogP contribution is 2.23. The molecule has 1 aromatic heterocycles. The third kappa shape index (κ3) is 2.18. The molecule has 0 aliphatic rings. The van der Waals surface area contributed by atoms with E-state index in [4.69, 9.17) is 11.6 Å². The number of ketones is 1. The van der Waals surface area contributed by atoms with E-state index in [9.17, 15) is 4.79 Å². The number of hydrogen-bond acceptors (Lipinski definition) is 2. The molecule has 0 fully saturated rings. The number of carbonyl (C=O) groups excluding carboxylic acids is 1. The molecule has 3 nitrogen and oxygen atoms in total. The van der Waals surface area contributed by atoms with Crippen molar-refractivity contribution in [1.82, 2.24) is 9.78 Å². The predicted molar refractivity (Wildman–Crippen MR) is 72.2 cm³/mol. The van der Waals surface area contributed by atoms with Crippen molar-refractivity contribution >= 4 is 17.4 Å². The minimum atomic E-state index is -0.349. The largest absolute Gasteiger partial charge is 0.292 e. The Morgan fingerprint density at radius 3 is 2.39 bits per heavy atom. The highest BCUT2D eigenvalue weighted by atomic mass is 35.5. The van der Waals surface area contributed by atoms with Crippen molar-refractivity contribution in [2.45, 2.75) is 26.8 Å². The monoisotopic (exact) mass is 262 g/mol. The summed E-state index contributed by atoms with van der Waals surface area (Å²) in [5, 5.41) is 4.95. The number of benzene rings is 1. The molecule has 2 aromatic rings. The zero-order valence-corrected chi connectivity index (χ0v) is 11.4. The summed E-state index contributed by atoms with van der Waals surface area (Å²) in [6.07, 6.45) is 0. The van der Waals surface area contributed by atoms with Crippen molar-refractivity contribution in [3.05, 3.63) is 52.3 Å². The fourth-order valence-corrected chi connectivity index (χ4v) is 2.10. The van der Waals surface area contributed by atoms with E-state index in [1.807, 2.05) is 51.1 Å². The van der Waals surface area contributed by atoms with Crippen LogP contribution in [0.1, 0.15) is 34.7 Å². The van der Waals surface area contributed by atoms with E-state index >= 15 is 0 Å². The molecule has 0 aliphatic carbocycles. The number of aromatic nitrogens is 2. The van der Waals surface area contributed by atoms with Crippen LogP contribution in [0.4, 0.5) is 0 Å². The lowest BCUT2D eigenvalue weighted by atomic mass is 10.1. The Morgan fingerprint density at radius 1 is 1.28 bits per heavy atom. The molecule has 4 heteroatoms. The van der Waals surface area contributed by atoms with Gasteiger partial charge in [0.1, 0.15) is 6.04 Å². The topological polar surface area (TPSA) is 34.9 Å². The molecule has 0 bridgehead atoms. The maximum atomic E-state index is 12.3. The lowest BCUT2D eigenvalue weighted by molar-refractivity contribution is 0.0926. The van der Waals surface area contributed by atoms with Crippen LogP contribution in [-0.4, -0.2) is 15.6 Å². The molecule has 1 heterocycles. The van der Waals surface area contributed by atoms with Crippen LogP contribution >= 0.6 is 11.6 Å². The molecule has 0 N–H and O–H groups in total. The zero-order chi connectivity index (χ0) is 13.3. The summed E-state index contributed by atoms with van der Waals surface area (Å²) < 4.78 is 1.69. The van der Waals surface area contributed by atoms with Crippen molar-refractivity contribution < 1.29 is 4.79 Å². The lowest BCUT2D eigenvalue weighted by Gasteiger charge is -2.13. The highest BCUT2D eigenvalue weighted by molar-refractivity contribution is 6.31. The molecule has 0 aliphatic heterocycles. The molecular weight excluding hydrogens is 248 g/mol. The van der Waals surface area contributed by atoms with Crippen LogP contribution in [0.2, 0.25) is 5.02 Å². The van der Waals surface area contributed by atoms with Crippen molar-refractivity contribution in [1.29, 1.82) is 0 Å². The number of rotatable bonds is 3. The Balaban J connectivity index is 2.34. The molecule has 0 saturated heterocycles. The van der Waals surface area contributed by atoms with Gasteiger partial charge in [-0.15, -0.1) is 0 Å². The number of aryl methyl sites for hydroxylation is 1. The Labute approximate surface area is 111 Å². The van der Waals surface area contributed by atoms with Gasteiger partial charge in [-0.1, -0.05) is 41.9 Å². The van der Waals surface area contributed by atoms with Crippen molar-refractivity contribution in [2.75, 3.05) is 0 Å². The Hall–Kier alpha value is -1.61. The second-order valence-corrected chi connectivity index (χ2v) is 4.71. The molecule has 0 saturated carbocycles. The fourth-order valence-electron chi connectivity index (χ4n) is 1.97. The van der Waals surface area contributed by atoms with E-state index in [-0.39, 0.29) is 11.8 Å². The number of carbonyl (C=O) groups is 1. The van der Waals surface area contributed by atoms with Crippen molar-refractivity contribution in [2.24, 2.45) is 0 Å². The molecule has 0 spiro atoms. The van der Waals surface area contributed by atoms with Crippen molar-refractivity contribution in [3.63, 3.8) is 0 Å². The molecule has 2 rings (SSSR count). The van der Waals surface area contributed by atoms with Gasteiger partial charge in [0.2, 0.25) is 0 Å². The molecular formula is C14H15ClN2O. The van der Waals surface area contributed by atoms with Crippen LogP contribution in [0.3, 0.4) is 0 Å². The third-order valence-corrected chi connectivity index (χ3v) is 3.59. The van der Waals surface area contributed by atoms with E-state index in [0.717, 1.165) is 11.4 Å². The summed E-state index contributed by atoms with van der Waals surface area (Å²) in [5.74, 6) is 0.0397. The first-order chi connectivity index (χ1) is 8.52. The van der Waals surface area contributed by atoms with Gasteiger partial charge in [0.15, 0.2) is 5.78 Å². The number of nitrogens with zero attached hydrogens (tertiary/aromatic N) is 2. The number of halogens is 1. The van der Waals surface area contributed by atoms with Gasteiger partial charge < -0.3 is 0 Å². The molecule has 1 atom stereocenters. The average Bonchev–Trinajstić information content (AvgIpc) is 2.66. The number of hydrogen-bond donors (Lipinski definition) is 0. The molecule has 1 unspecified atom stereocenters. The van der Waals surface area contributed by atoms with Crippen LogP contribution in [0.5, 0.6) is 0 Å². The van der Waals surface area contributed by atoms with Gasteiger partial charge in [0, 0.05) is 5.56 Å². The van der Waals surface area contributed by atoms with Crippen LogP contribution in [-0.2, 0) is 0 Å². The first-order valence-corrected chi connectivity index (χ1v) is 6.20. The zero-order valence-electron chi connectivity index (χ0n) is 10.6. The van der Waals surface area contributed by atoms with E-state index < -0.39 is 0 Å². The van der Waals surface area contributed by atoms with Gasteiger partial charge in [0.05, 0.1) is 16.4 Å². The van der Waals surface area contributed by atoms with E-state index in [1.165, 1.54) is 0 Å². The van der Waals surface area contributed by atoms with Gasteiger partial charge >= 0.3 is 0 Å². The van der Waals surface area contributed by atoms with E-state index in [1.54, 1.807) is 4.68 Å². The van der Waals surface area contributed by atoms with E-state index in [2.05, 4.69) is 5.10 Å². The number of Topliss-reactive ketones (excluding diaryl/α,β-unsaturated/α-hetero) is 1. The third-order valence-electron chi connectivity index (χ3n) is 3.04. The minimum Gasteiger partial charge on any atom is -0.292 e. The summed E-state index contributed by atoms with van der Waals surface area (Å²) >= 11 is 6.10. The van der Waals surface area contributed by atoms with Gasteiger partial charge in [-0.25, -0.2) is 0 Å². The SMILES string of the molecule is Cc1nn(C(C)C(=O)c2ccccc2)c(C)c1Cl. The molecule has 94 valence electrons.